The number of ether oxygens (including phenoxy) is 2. The minimum atomic E-state index is -0.925. The average molecular weight is 287 g/mol. The fraction of sp³-hybridized carbons (Fsp3) is 0.857. The highest BCUT2D eigenvalue weighted by Crippen LogP contribution is 2.34. The lowest BCUT2D eigenvalue weighted by molar-refractivity contribution is -0.153. The number of piperidine rings is 1. The number of aliphatic carboxylic acids is 1. The van der Waals surface area contributed by atoms with Crippen LogP contribution in [-0.4, -0.2) is 54.5 Å². The normalized spacial score (nSPS) is 23.5. The van der Waals surface area contributed by atoms with Crippen LogP contribution in [0.3, 0.4) is 0 Å². The summed E-state index contributed by atoms with van der Waals surface area (Å²) >= 11 is 0. The number of carboxylic acid groups (broad SMARTS) is 1. The number of carbonyl (C=O) groups is 2. The van der Waals surface area contributed by atoms with E-state index in [0.29, 0.717) is 32.4 Å². The van der Waals surface area contributed by atoms with Crippen LogP contribution in [0.5, 0.6) is 0 Å². The average Bonchev–Trinajstić information content (AvgIpc) is 2.34. The van der Waals surface area contributed by atoms with Gasteiger partial charge >= 0.3 is 12.1 Å². The Morgan fingerprint density at radius 2 is 2.00 bits per heavy atom. The van der Waals surface area contributed by atoms with E-state index in [1.165, 1.54) is 4.90 Å². The molecule has 6 heteroatoms. The van der Waals surface area contributed by atoms with Crippen molar-refractivity contribution in [3.63, 3.8) is 0 Å². The van der Waals surface area contributed by atoms with Gasteiger partial charge in [-0.25, -0.2) is 4.79 Å². The second kappa shape index (κ2) is 6.43. The van der Waals surface area contributed by atoms with Crippen molar-refractivity contribution in [3.05, 3.63) is 0 Å². The summed E-state index contributed by atoms with van der Waals surface area (Å²) in [6.07, 6.45) is 1.18. The maximum absolute atomic E-state index is 12.1. The number of amides is 1. The van der Waals surface area contributed by atoms with E-state index in [-0.39, 0.29) is 6.54 Å². The molecule has 1 aliphatic heterocycles. The molecule has 1 fully saturated rings. The first-order valence-corrected chi connectivity index (χ1v) is 6.90. The Kier molecular flexibility index (Phi) is 5.39. The van der Waals surface area contributed by atoms with Gasteiger partial charge < -0.3 is 19.5 Å². The number of hydrogen-bond acceptors (Lipinski definition) is 4. The van der Waals surface area contributed by atoms with Gasteiger partial charge in [-0.1, -0.05) is 0 Å². The van der Waals surface area contributed by atoms with Crippen molar-refractivity contribution in [2.75, 3.05) is 26.8 Å². The molecular formula is C14H25NO5. The fourth-order valence-corrected chi connectivity index (χ4v) is 2.40. The lowest BCUT2D eigenvalue weighted by Crippen LogP contribution is -2.51. The third-order valence-electron chi connectivity index (χ3n) is 3.47. The summed E-state index contributed by atoms with van der Waals surface area (Å²) < 4.78 is 10.3. The summed E-state index contributed by atoms with van der Waals surface area (Å²) in [5.41, 5.74) is -1.50. The molecule has 1 heterocycles. The summed E-state index contributed by atoms with van der Waals surface area (Å²) in [4.78, 5) is 25.2. The Bertz CT molecular complexity index is 363. The number of hydrogen-bond donors (Lipinski definition) is 1. The number of likely N-dealkylation sites (tertiary alicyclic amines) is 1. The molecule has 1 amide bonds. The first-order chi connectivity index (χ1) is 9.20. The highest BCUT2D eigenvalue weighted by Gasteiger charge is 2.44. The van der Waals surface area contributed by atoms with Crippen molar-refractivity contribution < 1.29 is 24.2 Å². The van der Waals surface area contributed by atoms with Crippen molar-refractivity contribution >= 4 is 12.1 Å². The third-order valence-corrected chi connectivity index (χ3v) is 3.47. The van der Waals surface area contributed by atoms with Crippen molar-refractivity contribution in [1.82, 2.24) is 4.90 Å². The second-order valence-electron chi connectivity index (χ2n) is 6.33. The molecule has 1 atom stereocenters. The highest BCUT2D eigenvalue weighted by molar-refractivity contribution is 5.77. The van der Waals surface area contributed by atoms with Crippen LogP contribution in [0, 0.1) is 5.41 Å². The Morgan fingerprint density at radius 1 is 1.35 bits per heavy atom. The maximum atomic E-state index is 12.1. The van der Waals surface area contributed by atoms with Gasteiger partial charge in [0.2, 0.25) is 0 Å². The van der Waals surface area contributed by atoms with Gasteiger partial charge in [-0.3, -0.25) is 4.79 Å². The van der Waals surface area contributed by atoms with Gasteiger partial charge in [0.25, 0.3) is 0 Å². The summed E-state index contributed by atoms with van der Waals surface area (Å²) in [7, 11) is 1.55. The number of nitrogens with zero attached hydrogens (tertiary/aromatic N) is 1. The quantitative estimate of drug-likeness (QED) is 0.857. The Morgan fingerprint density at radius 3 is 2.50 bits per heavy atom. The topological polar surface area (TPSA) is 76.1 Å². The summed E-state index contributed by atoms with van der Waals surface area (Å²) in [5.74, 6) is -0.872. The molecule has 1 saturated heterocycles. The number of rotatable bonds is 4. The molecule has 0 radical (unpaired) electrons. The summed E-state index contributed by atoms with van der Waals surface area (Å²) in [6, 6.07) is 0. The van der Waals surface area contributed by atoms with Crippen LogP contribution in [0.1, 0.15) is 40.0 Å². The van der Waals surface area contributed by atoms with E-state index in [1.54, 1.807) is 27.9 Å². The lowest BCUT2D eigenvalue weighted by atomic mass is 9.77. The minimum absolute atomic E-state index is 0.181. The molecule has 6 nitrogen and oxygen atoms in total. The molecule has 0 aliphatic carbocycles. The van der Waals surface area contributed by atoms with Crippen LogP contribution >= 0.6 is 0 Å². The predicted molar refractivity (Wildman–Crippen MR) is 73.6 cm³/mol. The molecule has 0 saturated carbocycles. The highest BCUT2D eigenvalue weighted by atomic mass is 16.6. The second-order valence-corrected chi connectivity index (χ2v) is 6.33. The minimum Gasteiger partial charge on any atom is -0.481 e. The standard InChI is InChI=1S/C14H25NO5/c1-13(2,3)20-12(18)15-8-5-6-14(10-15,11(16)17)7-9-19-4/h5-10H2,1-4H3,(H,16,17). The van der Waals surface area contributed by atoms with Gasteiger partial charge in [0.1, 0.15) is 5.60 Å². The number of methoxy groups -OCH3 is 1. The van der Waals surface area contributed by atoms with Crippen molar-refractivity contribution in [1.29, 1.82) is 0 Å². The first-order valence-electron chi connectivity index (χ1n) is 6.90. The SMILES string of the molecule is COCCC1(C(=O)O)CCCN(C(=O)OC(C)(C)C)C1. The molecular weight excluding hydrogens is 262 g/mol. The molecule has 0 aromatic carbocycles. The first kappa shape index (κ1) is 16.8. The molecule has 0 aromatic heterocycles. The third kappa shape index (κ3) is 4.37. The van der Waals surface area contributed by atoms with E-state index >= 15 is 0 Å². The van der Waals surface area contributed by atoms with Gasteiger partial charge in [-0.05, 0) is 40.0 Å². The maximum Gasteiger partial charge on any atom is 0.410 e. The molecule has 1 unspecified atom stereocenters. The van der Waals surface area contributed by atoms with Crippen LogP contribution < -0.4 is 0 Å². The van der Waals surface area contributed by atoms with E-state index in [0.717, 1.165) is 0 Å². The van der Waals surface area contributed by atoms with E-state index < -0.39 is 23.1 Å². The molecule has 20 heavy (non-hydrogen) atoms. The Balaban J connectivity index is 2.77. The lowest BCUT2D eigenvalue weighted by Gasteiger charge is -2.40. The molecule has 0 aromatic rings. The van der Waals surface area contributed by atoms with E-state index in [1.807, 2.05) is 0 Å². The van der Waals surface area contributed by atoms with E-state index in [4.69, 9.17) is 9.47 Å². The Hall–Kier alpha value is -1.30. The number of carboxylic acids is 1. The number of carbonyl (C=O) groups excluding carboxylic acids is 1. The van der Waals surface area contributed by atoms with Gasteiger partial charge in [0, 0.05) is 26.8 Å². The Labute approximate surface area is 120 Å². The zero-order chi connectivity index (χ0) is 15.4. The molecule has 1 aliphatic rings. The van der Waals surface area contributed by atoms with Crippen molar-refractivity contribution in [2.45, 2.75) is 45.6 Å². The molecule has 1 N–H and O–H groups in total. The molecule has 0 bridgehead atoms. The monoisotopic (exact) mass is 287 g/mol. The van der Waals surface area contributed by atoms with Crippen LogP contribution in [-0.2, 0) is 14.3 Å². The van der Waals surface area contributed by atoms with Gasteiger partial charge in [-0.15, -0.1) is 0 Å². The van der Waals surface area contributed by atoms with Crippen LogP contribution in [0.15, 0.2) is 0 Å². The molecule has 0 spiro atoms. The van der Waals surface area contributed by atoms with Crippen LogP contribution in [0.2, 0.25) is 0 Å². The zero-order valence-electron chi connectivity index (χ0n) is 12.8. The fourth-order valence-electron chi connectivity index (χ4n) is 2.40. The summed E-state index contributed by atoms with van der Waals surface area (Å²) in [5, 5.41) is 9.51. The van der Waals surface area contributed by atoms with Gasteiger partial charge in [0.15, 0.2) is 0 Å². The summed E-state index contributed by atoms with van der Waals surface area (Å²) in [6.45, 7) is 6.48. The van der Waals surface area contributed by atoms with E-state index in [9.17, 15) is 14.7 Å². The van der Waals surface area contributed by atoms with Crippen molar-refractivity contribution in [3.8, 4) is 0 Å². The largest absolute Gasteiger partial charge is 0.481 e. The molecule has 116 valence electrons. The molecule has 1 rings (SSSR count). The smallest absolute Gasteiger partial charge is 0.410 e. The van der Waals surface area contributed by atoms with Gasteiger partial charge in [-0.2, -0.15) is 0 Å². The van der Waals surface area contributed by atoms with Crippen LogP contribution in [0.25, 0.3) is 0 Å². The van der Waals surface area contributed by atoms with Gasteiger partial charge in [0.05, 0.1) is 5.41 Å². The van der Waals surface area contributed by atoms with Crippen LogP contribution in [0.4, 0.5) is 4.79 Å². The zero-order valence-corrected chi connectivity index (χ0v) is 12.8. The van der Waals surface area contributed by atoms with Crippen molar-refractivity contribution in [2.24, 2.45) is 5.41 Å². The van der Waals surface area contributed by atoms with E-state index in [2.05, 4.69) is 0 Å². The predicted octanol–water partition coefficient (Wildman–Crippen LogP) is 2.12.